The second-order valence-electron chi connectivity index (χ2n) is 4.03. The summed E-state index contributed by atoms with van der Waals surface area (Å²) in [7, 11) is 0. The minimum Gasteiger partial charge on any atom is -0.489 e. The maximum absolute atomic E-state index is 9.67. The maximum atomic E-state index is 9.67. The van der Waals surface area contributed by atoms with Crippen molar-refractivity contribution in [3.05, 3.63) is 78.4 Å². The molecule has 1 atom stereocenters. The van der Waals surface area contributed by atoms with E-state index < -0.39 is 6.10 Å². The fourth-order valence-electron chi connectivity index (χ4n) is 1.67. The second kappa shape index (κ2) is 6.03. The van der Waals surface area contributed by atoms with Crippen LogP contribution in [0.15, 0.2) is 67.3 Å². The van der Waals surface area contributed by atoms with E-state index in [4.69, 9.17) is 4.74 Å². The molecule has 0 radical (unpaired) electrons. The molecule has 2 aromatic rings. The molecule has 0 fully saturated rings. The van der Waals surface area contributed by atoms with E-state index in [1.807, 2.05) is 54.6 Å². The Balaban J connectivity index is 2.04. The van der Waals surface area contributed by atoms with E-state index in [-0.39, 0.29) is 0 Å². The van der Waals surface area contributed by atoms with Gasteiger partial charge in [-0.25, -0.2) is 0 Å². The van der Waals surface area contributed by atoms with Crippen LogP contribution in [0.25, 0.3) is 0 Å². The van der Waals surface area contributed by atoms with E-state index in [0.29, 0.717) is 6.61 Å². The molecule has 2 heteroatoms. The Labute approximate surface area is 107 Å². The summed E-state index contributed by atoms with van der Waals surface area (Å²) in [6, 6.07) is 17.4. The highest BCUT2D eigenvalue weighted by Gasteiger charge is 2.03. The van der Waals surface area contributed by atoms with Crippen molar-refractivity contribution in [2.45, 2.75) is 12.7 Å². The first-order valence-electron chi connectivity index (χ1n) is 5.87. The van der Waals surface area contributed by atoms with Gasteiger partial charge in [0.2, 0.25) is 0 Å². The molecule has 0 heterocycles. The minimum absolute atomic E-state index is 0.522. The van der Waals surface area contributed by atoms with Crippen LogP contribution in [0.5, 0.6) is 5.75 Å². The van der Waals surface area contributed by atoms with Crippen LogP contribution in [0.4, 0.5) is 0 Å². The zero-order valence-corrected chi connectivity index (χ0v) is 10.1. The zero-order chi connectivity index (χ0) is 12.8. The van der Waals surface area contributed by atoms with E-state index in [1.165, 1.54) is 6.08 Å². The van der Waals surface area contributed by atoms with Crippen LogP contribution in [0.1, 0.15) is 17.2 Å². The molecule has 0 bridgehead atoms. The predicted octanol–water partition coefficient (Wildman–Crippen LogP) is 3.49. The highest BCUT2D eigenvalue weighted by atomic mass is 16.5. The van der Waals surface area contributed by atoms with Crippen LogP contribution in [-0.4, -0.2) is 5.11 Å². The Hall–Kier alpha value is -2.06. The largest absolute Gasteiger partial charge is 0.489 e. The molecule has 2 nitrogen and oxygen atoms in total. The molecule has 0 saturated heterocycles. The number of aliphatic hydroxyl groups excluding tert-OH is 1. The van der Waals surface area contributed by atoms with E-state index in [1.54, 1.807) is 0 Å². The summed E-state index contributed by atoms with van der Waals surface area (Å²) < 4.78 is 5.68. The lowest BCUT2D eigenvalue weighted by Gasteiger charge is -2.10. The second-order valence-corrected chi connectivity index (χ2v) is 4.03. The molecule has 2 aromatic carbocycles. The molecule has 18 heavy (non-hydrogen) atoms. The number of hydrogen-bond donors (Lipinski definition) is 1. The van der Waals surface area contributed by atoms with Gasteiger partial charge in [0.25, 0.3) is 0 Å². The monoisotopic (exact) mass is 240 g/mol. The molecule has 0 saturated carbocycles. The van der Waals surface area contributed by atoms with Gasteiger partial charge in [-0.05, 0) is 23.3 Å². The van der Waals surface area contributed by atoms with Crippen LogP contribution < -0.4 is 4.74 Å². The van der Waals surface area contributed by atoms with Gasteiger partial charge >= 0.3 is 0 Å². The quantitative estimate of drug-likeness (QED) is 0.811. The van der Waals surface area contributed by atoms with Gasteiger partial charge in [0.15, 0.2) is 0 Å². The Morgan fingerprint density at radius 2 is 1.89 bits per heavy atom. The van der Waals surface area contributed by atoms with Gasteiger partial charge in [-0.2, -0.15) is 0 Å². The summed E-state index contributed by atoms with van der Waals surface area (Å²) >= 11 is 0. The van der Waals surface area contributed by atoms with Gasteiger partial charge in [0.1, 0.15) is 12.4 Å². The summed E-state index contributed by atoms with van der Waals surface area (Å²) in [5.74, 6) is 0.747. The molecule has 0 aliphatic carbocycles. The van der Waals surface area contributed by atoms with Gasteiger partial charge in [-0.3, -0.25) is 0 Å². The Morgan fingerprint density at radius 1 is 1.11 bits per heavy atom. The van der Waals surface area contributed by atoms with Crippen molar-refractivity contribution < 1.29 is 9.84 Å². The Kier molecular flexibility index (Phi) is 4.15. The molecule has 0 amide bonds. The first kappa shape index (κ1) is 12.4. The molecule has 0 aromatic heterocycles. The molecule has 0 spiro atoms. The lowest BCUT2D eigenvalue weighted by molar-refractivity contribution is 0.228. The van der Waals surface area contributed by atoms with Crippen molar-refractivity contribution in [3.8, 4) is 5.75 Å². The first-order chi connectivity index (χ1) is 8.79. The average Bonchev–Trinajstić information content (AvgIpc) is 2.45. The van der Waals surface area contributed by atoms with Crippen LogP contribution in [-0.2, 0) is 6.61 Å². The van der Waals surface area contributed by atoms with Gasteiger partial charge in [-0.15, -0.1) is 6.58 Å². The molecule has 1 unspecified atom stereocenters. The summed E-state index contributed by atoms with van der Waals surface area (Å²) in [5, 5.41) is 9.67. The Morgan fingerprint density at radius 3 is 2.61 bits per heavy atom. The number of rotatable bonds is 5. The summed E-state index contributed by atoms with van der Waals surface area (Å²) in [4.78, 5) is 0. The third-order valence-electron chi connectivity index (χ3n) is 2.67. The van der Waals surface area contributed by atoms with E-state index in [2.05, 4.69) is 6.58 Å². The number of ether oxygens (including phenoxy) is 1. The van der Waals surface area contributed by atoms with E-state index in [0.717, 1.165) is 16.9 Å². The van der Waals surface area contributed by atoms with E-state index in [9.17, 15) is 5.11 Å². The molecule has 92 valence electrons. The van der Waals surface area contributed by atoms with Gasteiger partial charge in [-0.1, -0.05) is 48.5 Å². The molecule has 1 N–H and O–H groups in total. The molecule has 2 rings (SSSR count). The van der Waals surface area contributed by atoms with Crippen LogP contribution >= 0.6 is 0 Å². The third kappa shape index (κ3) is 3.22. The van der Waals surface area contributed by atoms with Crippen molar-refractivity contribution in [3.63, 3.8) is 0 Å². The highest BCUT2D eigenvalue weighted by Crippen LogP contribution is 2.20. The molecular formula is C16H16O2. The van der Waals surface area contributed by atoms with Crippen LogP contribution in [0.3, 0.4) is 0 Å². The highest BCUT2D eigenvalue weighted by molar-refractivity contribution is 5.31. The Bertz CT molecular complexity index is 506. The fraction of sp³-hybridized carbons (Fsp3) is 0.125. The average molecular weight is 240 g/mol. The zero-order valence-electron chi connectivity index (χ0n) is 10.1. The molecule has 0 aliphatic rings. The normalized spacial score (nSPS) is 11.8. The van der Waals surface area contributed by atoms with Crippen molar-refractivity contribution in [2.24, 2.45) is 0 Å². The fourth-order valence-corrected chi connectivity index (χ4v) is 1.67. The van der Waals surface area contributed by atoms with Crippen molar-refractivity contribution >= 4 is 0 Å². The lowest BCUT2D eigenvalue weighted by Crippen LogP contribution is -1.97. The third-order valence-corrected chi connectivity index (χ3v) is 2.67. The van der Waals surface area contributed by atoms with Crippen LogP contribution in [0, 0.1) is 0 Å². The SMILES string of the molecule is C=CC(O)c1cccc(OCc2ccccc2)c1. The van der Waals surface area contributed by atoms with Gasteiger partial charge in [0, 0.05) is 0 Å². The topological polar surface area (TPSA) is 29.5 Å². The van der Waals surface area contributed by atoms with Crippen molar-refractivity contribution in [1.29, 1.82) is 0 Å². The van der Waals surface area contributed by atoms with Gasteiger partial charge < -0.3 is 9.84 Å². The number of hydrogen-bond acceptors (Lipinski definition) is 2. The van der Waals surface area contributed by atoms with Crippen molar-refractivity contribution in [2.75, 3.05) is 0 Å². The number of aliphatic hydroxyl groups is 1. The van der Waals surface area contributed by atoms with Crippen LogP contribution in [0.2, 0.25) is 0 Å². The summed E-state index contributed by atoms with van der Waals surface area (Å²) in [6.07, 6.45) is 0.848. The van der Waals surface area contributed by atoms with Gasteiger partial charge in [0.05, 0.1) is 6.10 Å². The summed E-state index contributed by atoms with van der Waals surface area (Å²) in [5.41, 5.74) is 1.91. The van der Waals surface area contributed by atoms with Crippen molar-refractivity contribution in [1.82, 2.24) is 0 Å². The number of benzene rings is 2. The van der Waals surface area contributed by atoms with E-state index >= 15 is 0 Å². The summed E-state index contributed by atoms with van der Waals surface area (Å²) in [6.45, 7) is 4.09. The predicted molar refractivity (Wildman–Crippen MR) is 72.4 cm³/mol. The lowest BCUT2D eigenvalue weighted by atomic mass is 10.1. The first-order valence-corrected chi connectivity index (χ1v) is 5.87. The minimum atomic E-state index is -0.648. The molecular weight excluding hydrogens is 224 g/mol. The standard InChI is InChI=1S/C16H16O2/c1-2-16(17)14-9-6-10-15(11-14)18-12-13-7-4-3-5-8-13/h2-11,16-17H,1,12H2. The maximum Gasteiger partial charge on any atom is 0.120 e. The molecule has 0 aliphatic heterocycles. The smallest absolute Gasteiger partial charge is 0.120 e.